The van der Waals surface area contributed by atoms with Crippen LogP contribution in [0.25, 0.3) is 10.8 Å². The van der Waals surface area contributed by atoms with Crippen molar-refractivity contribution in [2.24, 2.45) is 11.7 Å². The molecule has 30 heavy (non-hydrogen) atoms. The number of aryl methyl sites for hydroxylation is 1. The van der Waals surface area contributed by atoms with E-state index in [4.69, 9.17) is 20.2 Å². The molecule has 1 aliphatic rings. The molecular weight excluding hydrogens is 407 g/mol. The molecule has 0 amide bonds. The van der Waals surface area contributed by atoms with Crippen molar-refractivity contribution < 1.29 is 27.6 Å². The number of rotatable bonds is 4. The summed E-state index contributed by atoms with van der Waals surface area (Å²) in [7, 11) is 0. The van der Waals surface area contributed by atoms with Crippen LogP contribution in [0.2, 0.25) is 0 Å². The summed E-state index contributed by atoms with van der Waals surface area (Å²) in [5, 5.41) is 16.9. The zero-order valence-electron chi connectivity index (χ0n) is 15.8. The maximum atomic E-state index is 12.5. The van der Waals surface area contributed by atoms with Gasteiger partial charge in [0.15, 0.2) is 5.82 Å². The Kier molecular flexibility index (Phi) is 5.87. The smallest absolute Gasteiger partial charge is 0.475 e. The maximum absolute atomic E-state index is 12.5. The summed E-state index contributed by atoms with van der Waals surface area (Å²) in [6.45, 7) is 2.02. The van der Waals surface area contributed by atoms with E-state index >= 15 is 0 Å². The lowest BCUT2D eigenvalue weighted by molar-refractivity contribution is -0.192. The molecule has 12 heteroatoms. The van der Waals surface area contributed by atoms with E-state index in [1.807, 2.05) is 25.1 Å². The topological polar surface area (TPSA) is 137 Å². The fourth-order valence-corrected chi connectivity index (χ4v) is 2.77. The largest absolute Gasteiger partial charge is 0.490 e. The van der Waals surface area contributed by atoms with Gasteiger partial charge in [-0.25, -0.2) is 9.48 Å². The van der Waals surface area contributed by atoms with Crippen molar-refractivity contribution in [3.63, 3.8) is 0 Å². The summed E-state index contributed by atoms with van der Waals surface area (Å²) in [5.41, 5.74) is 6.68. The summed E-state index contributed by atoms with van der Waals surface area (Å²) in [4.78, 5) is 25.7. The summed E-state index contributed by atoms with van der Waals surface area (Å²) in [6.07, 6.45) is -2.87. The standard InChI is InChI=1S/C16H17N5O2.C2HF3O2/c1-9-11-4-2-3-5-12(11)16(22)21(19-9)8-13-18-15(20-23-13)14(17)10-6-7-10;3-2(4,5)1(6)7/h2-5,10,14H,6-8,17H2,1H3;(H,6,7). The number of halogens is 3. The van der Waals surface area contributed by atoms with Crippen molar-refractivity contribution in [3.8, 4) is 0 Å². The molecule has 0 saturated heterocycles. The minimum Gasteiger partial charge on any atom is -0.475 e. The molecule has 4 rings (SSSR count). The third-order valence-electron chi connectivity index (χ3n) is 4.49. The van der Waals surface area contributed by atoms with Crippen LogP contribution in [0.3, 0.4) is 0 Å². The number of carboxylic acids is 1. The van der Waals surface area contributed by atoms with Crippen molar-refractivity contribution >= 4 is 16.7 Å². The number of hydrogen-bond donors (Lipinski definition) is 2. The van der Waals surface area contributed by atoms with Crippen LogP contribution in [0.1, 0.15) is 36.3 Å². The lowest BCUT2D eigenvalue weighted by Gasteiger charge is -2.06. The van der Waals surface area contributed by atoms with Crippen molar-refractivity contribution in [3.05, 3.63) is 52.0 Å². The molecular formula is C18H18F3N5O4. The highest BCUT2D eigenvalue weighted by Crippen LogP contribution is 2.38. The van der Waals surface area contributed by atoms with Crippen molar-refractivity contribution in [2.45, 2.75) is 38.5 Å². The van der Waals surface area contributed by atoms with Gasteiger partial charge in [-0.15, -0.1) is 0 Å². The minimum atomic E-state index is -5.08. The van der Waals surface area contributed by atoms with E-state index in [9.17, 15) is 18.0 Å². The molecule has 0 spiro atoms. The van der Waals surface area contributed by atoms with Crippen LogP contribution < -0.4 is 11.3 Å². The van der Waals surface area contributed by atoms with Gasteiger partial charge in [-0.2, -0.15) is 23.3 Å². The van der Waals surface area contributed by atoms with Crippen molar-refractivity contribution in [1.82, 2.24) is 19.9 Å². The summed E-state index contributed by atoms with van der Waals surface area (Å²) >= 11 is 0. The lowest BCUT2D eigenvalue weighted by Crippen LogP contribution is -2.24. The fraction of sp³-hybridized carbons (Fsp3) is 0.389. The number of carboxylic acid groups (broad SMARTS) is 1. The van der Waals surface area contributed by atoms with Gasteiger partial charge in [-0.1, -0.05) is 23.4 Å². The minimum absolute atomic E-state index is 0.148. The van der Waals surface area contributed by atoms with E-state index in [2.05, 4.69) is 15.2 Å². The number of benzene rings is 1. The third-order valence-corrected chi connectivity index (χ3v) is 4.49. The van der Waals surface area contributed by atoms with Crippen LogP contribution >= 0.6 is 0 Å². The average Bonchev–Trinajstić information content (AvgIpc) is 3.44. The summed E-state index contributed by atoms with van der Waals surface area (Å²) in [6, 6.07) is 7.24. The molecule has 0 radical (unpaired) electrons. The Balaban J connectivity index is 0.000000318. The van der Waals surface area contributed by atoms with E-state index < -0.39 is 12.1 Å². The molecule has 1 atom stereocenters. The second-order valence-corrected chi connectivity index (χ2v) is 6.81. The fourth-order valence-electron chi connectivity index (χ4n) is 2.77. The van der Waals surface area contributed by atoms with Crippen LogP contribution in [-0.2, 0) is 11.3 Å². The monoisotopic (exact) mass is 425 g/mol. The van der Waals surface area contributed by atoms with Gasteiger partial charge >= 0.3 is 12.1 Å². The molecule has 1 unspecified atom stereocenters. The van der Waals surface area contributed by atoms with Crippen LogP contribution in [0.4, 0.5) is 13.2 Å². The number of aliphatic carboxylic acids is 1. The zero-order valence-corrected chi connectivity index (χ0v) is 15.8. The Morgan fingerprint density at radius 1 is 1.33 bits per heavy atom. The number of aromatic nitrogens is 4. The highest BCUT2D eigenvalue weighted by Gasteiger charge is 2.38. The number of nitrogens with zero attached hydrogens (tertiary/aromatic N) is 4. The van der Waals surface area contributed by atoms with Crippen molar-refractivity contribution in [2.75, 3.05) is 0 Å². The molecule has 2 aromatic heterocycles. The molecule has 1 aliphatic carbocycles. The Morgan fingerprint density at radius 3 is 2.50 bits per heavy atom. The average molecular weight is 425 g/mol. The van der Waals surface area contributed by atoms with Gasteiger partial charge < -0.3 is 15.4 Å². The second-order valence-electron chi connectivity index (χ2n) is 6.81. The molecule has 1 saturated carbocycles. The Labute approximate surface area is 167 Å². The Bertz CT molecular complexity index is 1120. The number of carbonyl (C=O) groups is 1. The number of hydrogen-bond acceptors (Lipinski definition) is 7. The molecule has 1 fully saturated rings. The molecule has 160 valence electrons. The van der Waals surface area contributed by atoms with E-state index in [0.717, 1.165) is 23.9 Å². The zero-order chi connectivity index (χ0) is 22.1. The van der Waals surface area contributed by atoms with Gasteiger partial charge in [-0.3, -0.25) is 4.79 Å². The molecule has 3 N–H and O–H groups in total. The molecule has 3 aromatic rings. The van der Waals surface area contributed by atoms with Crippen LogP contribution in [0.15, 0.2) is 33.6 Å². The SMILES string of the molecule is Cc1nn(Cc2nc(C(N)C3CC3)no2)c(=O)c2ccccc12.O=C(O)C(F)(F)F. The lowest BCUT2D eigenvalue weighted by atomic mass is 10.1. The van der Waals surface area contributed by atoms with Gasteiger partial charge in [0.25, 0.3) is 5.56 Å². The van der Waals surface area contributed by atoms with Crippen LogP contribution in [0.5, 0.6) is 0 Å². The van der Waals surface area contributed by atoms with Crippen LogP contribution in [-0.4, -0.2) is 37.2 Å². The van der Waals surface area contributed by atoms with Gasteiger partial charge in [0.1, 0.15) is 6.54 Å². The highest BCUT2D eigenvalue weighted by atomic mass is 19.4. The first-order chi connectivity index (χ1) is 14.1. The number of alkyl halides is 3. The predicted molar refractivity (Wildman–Crippen MR) is 97.5 cm³/mol. The number of fused-ring (bicyclic) bond motifs is 1. The number of nitrogens with two attached hydrogens (primary N) is 1. The first-order valence-corrected chi connectivity index (χ1v) is 8.92. The third kappa shape index (κ3) is 4.82. The molecule has 2 heterocycles. The van der Waals surface area contributed by atoms with Gasteiger partial charge in [0.05, 0.1) is 17.1 Å². The highest BCUT2D eigenvalue weighted by molar-refractivity contribution is 5.83. The normalized spacial score (nSPS) is 14.8. The van der Waals surface area contributed by atoms with Gasteiger partial charge in [0, 0.05) is 5.39 Å². The van der Waals surface area contributed by atoms with E-state index in [0.29, 0.717) is 23.0 Å². The summed E-state index contributed by atoms with van der Waals surface area (Å²) < 4.78 is 38.3. The summed E-state index contributed by atoms with van der Waals surface area (Å²) in [5.74, 6) is -1.45. The molecule has 9 nitrogen and oxygen atoms in total. The van der Waals surface area contributed by atoms with E-state index in [1.165, 1.54) is 4.68 Å². The molecule has 0 aliphatic heterocycles. The first kappa shape index (κ1) is 21.4. The second kappa shape index (κ2) is 8.22. The quantitative estimate of drug-likeness (QED) is 0.649. The van der Waals surface area contributed by atoms with E-state index in [1.54, 1.807) is 6.07 Å². The molecule has 0 bridgehead atoms. The Morgan fingerprint density at radius 2 is 1.93 bits per heavy atom. The Hall–Kier alpha value is -3.28. The van der Waals surface area contributed by atoms with E-state index in [-0.39, 0.29) is 18.1 Å². The van der Waals surface area contributed by atoms with Gasteiger partial charge in [-0.05, 0) is 31.7 Å². The predicted octanol–water partition coefficient (Wildman–Crippen LogP) is 2.18. The van der Waals surface area contributed by atoms with Gasteiger partial charge in [0.2, 0.25) is 5.89 Å². The van der Waals surface area contributed by atoms with Crippen molar-refractivity contribution in [1.29, 1.82) is 0 Å². The maximum Gasteiger partial charge on any atom is 0.490 e. The molecule has 1 aromatic carbocycles. The van der Waals surface area contributed by atoms with Crippen LogP contribution in [0, 0.1) is 12.8 Å². The first-order valence-electron chi connectivity index (χ1n) is 8.92.